The minimum absolute atomic E-state index is 0.00676. The van der Waals surface area contributed by atoms with Crippen molar-refractivity contribution >= 4 is 34.9 Å². The maximum absolute atomic E-state index is 13.1. The van der Waals surface area contributed by atoms with E-state index in [-0.39, 0.29) is 5.91 Å². The summed E-state index contributed by atoms with van der Waals surface area (Å²) in [6.45, 7) is 6.59. The monoisotopic (exact) mass is 461 g/mol. The van der Waals surface area contributed by atoms with Crippen LogP contribution in [0.5, 0.6) is 0 Å². The molecule has 1 aromatic heterocycles. The van der Waals surface area contributed by atoms with E-state index < -0.39 is 0 Å². The van der Waals surface area contributed by atoms with E-state index in [9.17, 15) is 4.79 Å². The van der Waals surface area contributed by atoms with Crippen molar-refractivity contribution in [3.63, 3.8) is 0 Å². The number of halogens is 2. The summed E-state index contributed by atoms with van der Waals surface area (Å²) in [7, 11) is 0. The van der Waals surface area contributed by atoms with E-state index in [0.717, 1.165) is 43.5 Å². The van der Waals surface area contributed by atoms with Crippen LogP contribution in [0.2, 0.25) is 10.0 Å². The van der Waals surface area contributed by atoms with Gasteiger partial charge in [0.1, 0.15) is 17.8 Å². The van der Waals surface area contributed by atoms with Gasteiger partial charge in [0, 0.05) is 31.2 Å². The van der Waals surface area contributed by atoms with Gasteiger partial charge in [0.05, 0.1) is 10.0 Å². The molecule has 2 aromatic rings. The molecule has 1 aromatic carbocycles. The SMILES string of the molecule is Cc1c(NCCc2ccc(Cl)c(Cl)c2)ncnc1C(=O)N1CCC(N2CCCC2)CC1. The summed E-state index contributed by atoms with van der Waals surface area (Å²) < 4.78 is 0. The maximum Gasteiger partial charge on any atom is 0.272 e. The lowest BCUT2D eigenvalue weighted by atomic mass is 10.0. The van der Waals surface area contributed by atoms with Crippen LogP contribution >= 0.6 is 23.2 Å². The molecule has 0 unspecified atom stereocenters. The molecule has 166 valence electrons. The molecule has 8 heteroatoms. The normalized spacial score (nSPS) is 17.8. The fourth-order valence-corrected chi connectivity index (χ4v) is 4.88. The second-order valence-corrected chi connectivity index (χ2v) is 9.20. The Kier molecular flexibility index (Phi) is 7.31. The van der Waals surface area contributed by atoms with Crippen molar-refractivity contribution in [3.05, 3.63) is 51.4 Å². The van der Waals surface area contributed by atoms with Crippen molar-refractivity contribution in [2.24, 2.45) is 0 Å². The van der Waals surface area contributed by atoms with Crippen LogP contribution in [-0.2, 0) is 6.42 Å². The topological polar surface area (TPSA) is 61.4 Å². The fourth-order valence-electron chi connectivity index (χ4n) is 4.55. The Morgan fingerprint density at radius 1 is 1.10 bits per heavy atom. The standard InChI is InChI=1S/C23H29Cl2N5O/c1-16-21(23(31)30-12-7-18(8-13-30)29-10-2-3-11-29)27-15-28-22(16)26-9-6-17-4-5-19(24)20(25)14-17/h4-5,14-15,18H,2-3,6-13H2,1H3,(H,26,27,28). The molecule has 0 atom stereocenters. The summed E-state index contributed by atoms with van der Waals surface area (Å²) in [5.41, 5.74) is 2.38. The number of nitrogens with one attached hydrogen (secondary N) is 1. The van der Waals surface area contributed by atoms with E-state index in [1.165, 1.54) is 32.3 Å². The van der Waals surface area contributed by atoms with Gasteiger partial charge in [0.2, 0.25) is 0 Å². The molecule has 2 aliphatic heterocycles. The molecule has 0 bridgehead atoms. The Hall–Kier alpha value is -1.89. The van der Waals surface area contributed by atoms with Crippen molar-refractivity contribution in [2.45, 2.75) is 45.1 Å². The van der Waals surface area contributed by atoms with Gasteiger partial charge >= 0.3 is 0 Å². The van der Waals surface area contributed by atoms with Crippen molar-refractivity contribution in [1.82, 2.24) is 19.8 Å². The van der Waals surface area contributed by atoms with Crippen LogP contribution in [0.25, 0.3) is 0 Å². The van der Waals surface area contributed by atoms with Crippen LogP contribution in [-0.4, -0.2) is 64.4 Å². The summed E-state index contributed by atoms with van der Waals surface area (Å²) in [5.74, 6) is 0.706. The molecule has 31 heavy (non-hydrogen) atoms. The average Bonchev–Trinajstić information content (AvgIpc) is 3.32. The molecular formula is C23H29Cl2N5O. The summed E-state index contributed by atoms with van der Waals surface area (Å²) in [6.07, 6.45) is 6.95. The van der Waals surface area contributed by atoms with Gasteiger partial charge in [0.15, 0.2) is 0 Å². The number of likely N-dealkylation sites (tertiary alicyclic amines) is 2. The molecule has 6 nitrogen and oxygen atoms in total. The van der Waals surface area contributed by atoms with E-state index in [2.05, 4.69) is 20.2 Å². The van der Waals surface area contributed by atoms with Gasteiger partial charge in [-0.1, -0.05) is 29.3 Å². The number of aromatic nitrogens is 2. The molecule has 1 amide bonds. The molecule has 2 saturated heterocycles. The van der Waals surface area contributed by atoms with E-state index in [0.29, 0.717) is 34.1 Å². The molecule has 0 saturated carbocycles. The van der Waals surface area contributed by atoms with Crippen molar-refractivity contribution in [3.8, 4) is 0 Å². The largest absolute Gasteiger partial charge is 0.369 e. The van der Waals surface area contributed by atoms with Crippen molar-refractivity contribution in [2.75, 3.05) is 38.0 Å². The highest BCUT2D eigenvalue weighted by molar-refractivity contribution is 6.42. The first-order valence-electron chi connectivity index (χ1n) is 11.1. The van der Waals surface area contributed by atoms with Crippen molar-refractivity contribution < 1.29 is 4.79 Å². The molecule has 0 spiro atoms. The number of carbonyl (C=O) groups excluding carboxylic acids is 1. The summed E-state index contributed by atoms with van der Waals surface area (Å²) in [4.78, 5) is 26.3. The maximum atomic E-state index is 13.1. The van der Waals surface area contributed by atoms with Crippen LogP contribution < -0.4 is 5.32 Å². The third-order valence-corrected chi connectivity index (χ3v) is 7.12. The highest BCUT2D eigenvalue weighted by Crippen LogP contribution is 2.24. The van der Waals surface area contributed by atoms with E-state index in [4.69, 9.17) is 23.2 Å². The lowest BCUT2D eigenvalue weighted by Crippen LogP contribution is -2.46. The Morgan fingerprint density at radius 3 is 2.55 bits per heavy atom. The lowest BCUT2D eigenvalue weighted by molar-refractivity contribution is 0.0638. The zero-order valence-electron chi connectivity index (χ0n) is 17.9. The van der Waals surface area contributed by atoms with Gasteiger partial charge in [0.25, 0.3) is 5.91 Å². The third kappa shape index (κ3) is 5.30. The van der Waals surface area contributed by atoms with Gasteiger partial charge in [-0.15, -0.1) is 0 Å². The number of benzene rings is 1. The number of rotatable bonds is 6. The second-order valence-electron chi connectivity index (χ2n) is 8.39. The summed E-state index contributed by atoms with van der Waals surface area (Å²) >= 11 is 12.1. The van der Waals surface area contributed by atoms with Gasteiger partial charge in [-0.2, -0.15) is 0 Å². The van der Waals surface area contributed by atoms with E-state index in [1.807, 2.05) is 24.0 Å². The Morgan fingerprint density at radius 2 is 1.84 bits per heavy atom. The number of hydrogen-bond donors (Lipinski definition) is 1. The Bertz CT molecular complexity index is 924. The molecule has 0 aliphatic carbocycles. The summed E-state index contributed by atoms with van der Waals surface area (Å²) in [5, 5.41) is 4.44. The van der Waals surface area contributed by atoms with Gasteiger partial charge in [-0.25, -0.2) is 9.97 Å². The van der Waals surface area contributed by atoms with Crippen LogP contribution in [0.1, 0.15) is 47.3 Å². The van der Waals surface area contributed by atoms with E-state index >= 15 is 0 Å². The Labute approximate surface area is 193 Å². The molecule has 2 aliphatic rings. The average molecular weight is 462 g/mol. The number of piperidine rings is 1. The molecule has 2 fully saturated rings. The number of nitrogens with zero attached hydrogens (tertiary/aromatic N) is 4. The predicted octanol–water partition coefficient (Wildman–Crippen LogP) is 4.45. The first-order valence-corrected chi connectivity index (χ1v) is 11.8. The molecular weight excluding hydrogens is 433 g/mol. The highest BCUT2D eigenvalue weighted by atomic mass is 35.5. The number of hydrogen-bond acceptors (Lipinski definition) is 5. The first kappa shape index (κ1) is 22.3. The minimum atomic E-state index is 0.00676. The van der Waals surface area contributed by atoms with Crippen LogP contribution in [0.15, 0.2) is 24.5 Å². The van der Waals surface area contributed by atoms with Crippen LogP contribution in [0, 0.1) is 6.92 Å². The van der Waals surface area contributed by atoms with Gasteiger partial charge in [-0.3, -0.25) is 4.79 Å². The first-order chi connectivity index (χ1) is 15.0. The third-order valence-electron chi connectivity index (χ3n) is 6.39. The summed E-state index contributed by atoms with van der Waals surface area (Å²) in [6, 6.07) is 6.26. The molecule has 4 rings (SSSR count). The minimum Gasteiger partial charge on any atom is -0.369 e. The smallest absolute Gasteiger partial charge is 0.272 e. The van der Waals surface area contributed by atoms with E-state index in [1.54, 1.807) is 6.07 Å². The number of anilines is 1. The molecule has 0 radical (unpaired) electrons. The van der Waals surface area contributed by atoms with Crippen LogP contribution in [0.3, 0.4) is 0 Å². The predicted molar refractivity (Wildman–Crippen MR) is 125 cm³/mol. The molecule has 1 N–H and O–H groups in total. The fraction of sp³-hybridized carbons (Fsp3) is 0.522. The second kappa shape index (κ2) is 10.2. The quantitative estimate of drug-likeness (QED) is 0.688. The van der Waals surface area contributed by atoms with Crippen LogP contribution in [0.4, 0.5) is 5.82 Å². The van der Waals surface area contributed by atoms with Gasteiger partial charge < -0.3 is 15.1 Å². The number of amides is 1. The van der Waals surface area contributed by atoms with Gasteiger partial charge in [-0.05, 0) is 69.8 Å². The van der Waals surface area contributed by atoms with Crippen molar-refractivity contribution in [1.29, 1.82) is 0 Å². The lowest BCUT2D eigenvalue weighted by Gasteiger charge is -2.36. The molecule has 3 heterocycles. The zero-order chi connectivity index (χ0) is 21.8. The Balaban J connectivity index is 1.34. The zero-order valence-corrected chi connectivity index (χ0v) is 19.4. The highest BCUT2D eigenvalue weighted by Gasteiger charge is 2.30. The number of carbonyl (C=O) groups is 1.